The van der Waals surface area contributed by atoms with Gasteiger partial charge in [0.15, 0.2) is 5.75 Å². The molecular formula is C21H22ClN3O3. The lowest BCUT2D eigenvalue weighted by Crippen LogP contribution is -2.56. The molecule has 6 nitrogen and oxygen atoms in total. The highest BCUT2D eigenvalue weighted by Crippen LogP contribution is 2.39. The second-order valence-corrected chi connectivity index (χ2v) is 7.44. The summed E-state index contributed by atoms with van der Waals surface area (Å²) in [6.07, 6.45) is 0.575. The molecule has 2 aliphatic heterocycles. The fourth-order valence-corrected chi connectivity index (χ4v) is 3.98. The number of benzene rings is 2. The second kappa shape index (κ2) is 7.81. The Kier molecular flexibility index (Phi) is 5.24. The summed E-state index contributed by atoms with van der Waals surface area (Å²) in [5.74, 6) is 0.939. The van der Waals surface area contributed by atoms with Crippen molar-refractivity contribution in [2.45, 2.75) is 19.4 Å². The molecule has 1 fully saturated rings. The maximum Gasteiger partial charge on any atom is 0.308 e. The molecule has 0 spiro atoms. The number of aliphatic imine (C=N–C) groups is 1. The van der Waals surface area contributed by atoms with Crippen LogP contribution >= 0.6 is 11.6 Å². The van der Waals surface area contributed by atoms with E-state index in [1.807, 2.05) is 37.3 Å². The molecular weight excluding hydrogens is 378 g/mol. The smallest absolute Gasteiger partial charge is 0.308 e. The molecule has 0 aromatic heterocycles. The van der Waals surface area contributed by atoms with Crippen LogP contribution in [0.2, 0.25) is 5.02 Å². The number of hydrogen-bond acceptors (Lipinski definition) is 5. The average Bonchev–Trinajstić information content (AvgIpc) is 2.85. The number of carboxylic acid groups (broad SMARTS) is 1. The summed E-state index contributed by atoms with van der Waals surface area (Å²) >= 11 is 6.18. The first-order valence-corrected chi connectivity index (χ1v) is 9.81. The van der Waals surface area contributed by atoms with Crippen molar-refractivity contribution >= 4 is 29.1 Å². The highest BCUT2D eigenvalue weighted by Gasteiger charge is 2.33. The van der Waals surface area contributed by atoms with Crippen LogP contribution in [0, 0.1) is 5.92 Å². The Morgan fingerprint density at radius 3 is 2.96 bits per heavy atom. The predicted octanol–water partition coefficient (Wildman–Crippen LogP) is 3.91. The Bertz CT molecular complexity index is 931. The summed E-state index contributed by atoms with van der Waals surface area (Å²) < 4.78 is 6.10. The standard InChI is InChI=1S/C21H22ClN3O3/c1-2-14(21(26)27)17-12-25(10-9-23-17)20-15-5-3-4-6-18(15)28-19-8-7-13(22)11-16(19)24-20/h3-8,11,14,17,23H,2,9-10,12H2,1H3,(H,26,27)/t14-,17-/m0/s1. The van der Waals surface area contributed by atoms with Gasteiger partial charge in [-0.05, 0) is 36.8 Å². The van der Waals surface area contributed by atoms with Crippen LogP contribution in [0.5, 0.6) is 11.5 Å². The number of piperazine rings is 1. The Balaban J connectivity index is 1.75. The molecule has 2 aromatic rings. The van der Waals surface area contributed by atoms with E-state index in [1.165, 1.54) is 0 Å². The van der Waals surface area contributed by atoms with Gasteiger partial charge in [0.1, 0.15) is 17.3 Å². The maximum atomic E-state index is 11.6. The van der Waals surface area contributed by atoms with Crippen LogP contribution in [0.4, 0.5) is 5.69 Å². The van der Waals surface area contributed by atoms with E-state index in [4.69, 9.17) is 21.3 Å². The first-order valence-electron chi connectivity index (χ1n) is 9.43. The summed E-state index contributed by atoms with van der Waals surface area (Å²) in [7, 11) is 0. The van der Waals surface area contributed by atoms with Crippen LogP contribution in [-0.2, 0) is 4.79 Å². The number of para-hydroxylation sites is 1. The molecule has 4 rings (SSSR count). The number of nitrogens with one attached hydrogen (secondary N) is 1. The largest absolute Gasteiger partial charge is 0.481 e. The molecule has 2 N–H and O–H groups in total. The lowest BCUT2D eigenvalue weighted by molar-refractivity contribution is -0.143. The molecule has 2 aliphatic rings. The van der Waals surface area contributed by atoms with Gasteiger partial charge in [0.25, 0.3) is 0 Å². The number of carbonyl (C=O) groups is 1. The molecule has 0 unspecified atom stereocenters. The molecule has 0 bridgehead atoms. The van der Waals surface area contributed by atoms with E-state index in [-0.39, 0.29) is 6.04 Å². The summed E-state index contributed by atoms with van der Waals surface area (Å²) in [5, 5.41) is 13.5. The van der Waals surface area contributed by atoms with Crippen LogP contribution < -0.4 is 10.1 Å². The lowest BCUT2D eigenvalue weighted by atomic mass is 9.94. The number of aliphatic carboxylic acids is 1. The monoisotopic (exact) mass is 399 g/mol. The number of hydrogen-bond donors (Lipinski definition) is 2. The highest BCUT2D eigenvalue weighted by molar-refractivity contribution is 6.31. The van der Waals surface area contributed by atoms with Gasteiger partial charge in [-0.2, -0.15) is 0 Å². The third-order valence-corrected chi connectivity index (χ3v) is 5.48. The van der Waals surface area contributed by atoms with E-state index in [2.05, 4.69) is 10.2 Å². The Labute approximate surface area is 168 Å². The molecule has 146 valence electrons. The van der Waals surface area contributed by atoms with Crippen molar-refractivity contribution in [3.05, 3.63) is 53.1 Å². The van der Waals surface area contributed by atoms with E-state index in [0.717, 1.165) is 23.7 Å². The van der Waals surface area contributed by atoms with Crippen LogP contribution in [0.3, 0.4) is 0 Å². The molecule has 7 heteroatoms. The van der Waals surface area contributed by atoms with Crippen molar-refractivity contribution < 1.29 is 14.6 Å². The van der Waals surface area contributed by atoms with Crippen LogP contribution in [0.1, 0.15) is 18.9 Å². The van der Waals surface area contributed by atoms with E-state index < -0.39 is 11.9 Å². The van der Waals surface area contributed by atoms with E-state index >= 15 is 0 Å². The Morgan fingerprint density at radius 2 is 2.18 bits per heavy atom. The number of halogens is 1. The fourth-order valence-electron chi connectivity index (χ4n) is 3.81. The SMILES string of the molecule is CC[C@H](C(=O)O)[C@@H]1CN(C2=Nc3cc(Cl)ccc3Oc3ccccc32)CCN1. The molecule has 2 atom stereocenters. The van der Waals surface area contributed by atoms with Gasteiger partial charge in [-0.15, -0.1) is 0 Å². The van der Waals surface area contributed by atoms with Crippen LogP contribution in [0.25, 0.3) is 0 Å². The molecule has 2 heterocycles. The predicted molar refractivity (Wildman–Crippen MR) is 109 cm³/mol. The van der Waals surface area contributed by atoms with Gasteiger partial charge >= 0.3 is 5.97 Å². The molecule has 0 aliphatic carbocycles. The molecule has 0 saturated carbocycles. The summed E-state index contributed by atoms with van der Waals surface area (Å²) in [6, 6.07) is 13.0. The molecule has 0 radical (unpaired) electrons. The highest BCUT2D eigenvalue weighted by atomic mass is 35.5. The van der Waals surface area contributed by atoms with Gasteiger partial charge in [-0.3, -0.25) is 4.79 Å². The third-order valence-electron chi connectivity index (χ3n) is 5.24. The minimum absolute atomic E-state index is 0.144. The lowest BCUT2D eigenvalue weighted by Gasteiger charge is -2.38. The van der Waals surface area contributed by atoms with Gasteiger partial charge in [0.05, 0.1) is 11.5 Å². The summed E-state index contributed by atoms with van der Waals surface area (Å²) in [6.45, 7) is 3.90. The van der Waals surface area contributed by atoms with E-state index in [1.54, 1.807) is 12.1 Å². The van der Waals surface area contributed by atoms with Crippen molar-refractivity contribution in [2.75, 3.05) is 19.6 Å². The summed E-state index contributed by atoms with van der Waals surface area (Å²) in [4.78, 5) is 18.7. The van der Waals surface area contributed by atoms with Crippen molar-refractivity contribution in [1.29, 1.82) is 0 Å². The zero-order valence-electron chi connectivity index (χ0n) is 15.6. The Morgan fingerprint density at radius 1 is 1.36 bits per heavy atom. The second-order valence-electron chi connectivity index (χ2n) is 7.01. The number of carboxylic acids is 1. The van der Waals surface area contributed by atoms with Gasteiger partial charge < -0.3 is 20.1 Å². The van der Waals surface area contributed by atoms with Crippen molar-refractivity contribution in [3.8, 4) is 11.5 Å². The van der Waals surface area contributed by atoms with Crippen molar-refractivity contribution in [3.63, 3.8) is 0 Å². The number of nitrogens with zero attached hydrogens (tertiary/aromatic N) is 2. The normalized spacial score (nSPS) is 19.6. The van der Waals surface area contributed by atoms with Crippen molar-refractivity contribution in [1.82, 2.24) is 10.2 Å². The third kappa shape index (κ3) is 3.57. The first-order chi connectivity index (χ1) is 13.6. The quantitative estimate of drug-likeness (QED) is 0.818. The molecule has 2 aromatic carbocycles. The molecule has 28 heavy (non-hydrogen) atoms. The van der Waals surface area contributed by atoms with E-state index in [0.29, 0.717) is 36.0 Å². The van der Waals surface area contributed by atoms with Crippen molar-refractivity contribution in [2.24, 2.45) is 10.9 Å². The zero-order valence-corrected chi connectivity index (χ0v) is 16.3. The summed E-state index contributed by atoms with van der Waals surface area (Å²) in [5.41, 5.74) is 1.55. The van der Waals surface area contributed by atoms with Gasteiger partial charge in [-0.25, -0.2) is 4.99 Å². The number of rotatable bonds is 3. The number of ether oxygens (including phenoxy) is 1. The first kappa shape index (κ1) is 18.8. The minimum atomic E-state index is -0.773. The topological polar surface area (TPSA) is 74.2 Å². The van der Waals surface area contributed by atoms with Crippen LogP contribution in [0.15, 0.2) is 47.5 Å². The van der Waals surface area contributed by atoms with Gasteiger partial charge in [0, 0.05) is 30.7 Å². The fraction of sp³-hybridized carbons (Fsp3) is 0.333. The van der Waals surface area contributed by atoms with Gasteiger partial charge in [0.2, 0.25) is 0 Å². The molecule has 0 amide bonds. The maximum absolute atomic E-state index is 11.6. The van der Waals surface area contributed by atoms with Gasteiger partial charge in [-0.1, -0.05) is 30.7 Å². The zero-order chi connectivity index (χ0) is 19.7. The number of amidine groups is 1. The minimum Gasteiger partial charge on any atom is -0.481 e. The van der Waals surface area contributed by atoms with Crippen LogP contribution in [-0.4, -0.2) is 47.5 Å². The molecule has 1 saturated heterocycles. The average molecular weight is 400 g/mol. The van der Waals surface area contributed by atoms with E-state index in [9.17, 15) is 9.90 Å². The number of fused-ring (bicyclic) bond motifs is 2. The Hall–Kier alpha value is -2.57.